The first-order valence-electron chi connectivity index (χ1n) is 7.86. The molecule has 1 N–H and O–H groups in total. The third-order valence-corrected chi connectivity index (χ3v) is 4.64. The highest BCUT2D eigenvalue weighted by molar-refractivity contribution is 7.16. The lowest BCUT2D eigenvalue weighted by molar-refractivity contribution is -0.131. The summed E-state index contributed by atoms with van der Waals surface area (Å²) in [5, 5.41) is 13.4. The van der Waals surface area contributed by atoms with E-state index in [0.717, 1.165) is 5.39 Å². The topological polar surface area (TPSA) is 99.7 Å². The summed E-state index contributed by atoms with van der Waals surface area (Å²) in [7, 11) is 0. The molecule has 0 aliphatic rings. The second-order valence-corrected chi connectivity index (χ2v) is 6.27. The molecule has 0 aromatic carbocycles. The van der Waals surface area contributed by atoms with Gasteiger partial charge in [0, 0.05) is 19.3 Å². The number of amides is 1. The number of rotatable bonds is 6. The summed E-state index contributed by atoms with van der Waals surface area (Å²) in [5.41, 5.74) is 0.676. The first-order valence-corrected chi connectivity index (χ1v) is 8.68. The summed E-state index contributed by atoms with van der Waals surface area (Å²) in [6.45, 7) is 5.52. The Morgan fingerprint density at radius 3 is 2.84 bits per heavy atom. The van der Waals surface area contributed by atoms with Gasteiger partial charge in [-0.25, -0.2) is 15.0 Å². The molecule has 0 bridgehead atoms. The van der Waals surface area contributed by atoms with E-state index in [1.54, 1.807) is 4.90 Å². The fraction of sp³-hybridized carbons (Fsp3) is 0.312. The van der Waals surface area contributed by atoms with Gasteiger partial charge in [-0.05, 0) is 19.9 Å². The molecule has 3 rings (SSSR count). The standard InChI is InChI=1S/C16H17N7OS/c1-3-22(4-2)13(24)9-23-6-5-12-14(19-10-20-15(12)23)21-16-18-8-11(7-17)25-16/h5-6,8,10H,3-4,9H2,1-2H3,(H,18,19,20,21). The number of carbonyl (C=O) groups excluding carboxylic acids is 1. The van der Waals surface area contributed by atoms with E-state index in [1.807, 2.05) is 30.7 Å². The maximum Gasteiger partial charge on any atom is 0.242 e. The van der Waals surface area contributed by atoms with E-state index in [2.05, 4.69) is 26.3 Å². The lowest BCUT2D eigenvalue weighted by Crippen LogP contribution is -2.33. The Balaban J connectivity index is 1.87. The van der Waals surface area contributed by atoms with Gasteiger partial charge in [0.1, 0.15) is 35.3 Å². The molecule has 128 valence electrons. The van der Waals surface area contributed by atoms with Crippen LogP contribution in [0.3, 0.4) is 0 Å². The number of carbonyl (C=O) groups is 1. The highest BCUT2D eigenvalue weighted by Gasteiger charge is 2.14. The summed E-state index contributed by atoms with van der Waals surface area (Å²) < 4.78 is 1.81. The average molecular weight is 355 g/mol. The fourth-order valence-electron chi connectivity index (χ4n) is 2.54. The number of aromatic nitrogens is 4. The van der Waals surface area contributed by atoms with Gasteiger partial charge in [0.15, 0.2) is 5.13 Å². The molecule has 1 amide bonds. The van der Waals surface area contributed by atoms with Crippen LogP contribution in [0, 0.1) is 11.3 Å². The maximum atomic E-state index is 12.3. The monoisotopic (exact) mass is 355 g/mol. The van der Waals surface area contributed by atoms with Gasteiger partial charge in [0.05, 0.1) is 11.6 Å². The van der Waals surface area contributed by atoms with E-state index in [-0.39, 0.29) is 12.5 Å². The highest BCUT2D eigenvalue weighted by atomic mass is 32.1. The Morgan fingerprint density at radius 2 is 2.16 bits per heavy atom. The smallest absolute Gasteiger partial charge is 0.242 e. The van der Waals surface area contributed by atoms with Crippen LogP contribution in [0.25, 0.3) is 11.0 Å². The molecule has 8 nitrogen and oxygen atoms in total. The SMILES string of the molecule is CCN(CC)C(=O)Cn1ccc2c(Nc3ncc(C#N)s3)ncnc21. The van der Waals surface area contributed by atoms with E-state index in [4.69, 9.17) is 5.26 Å². The van der Waals surface area contributed by atoms with Crippen molar-refractivity contribution in [1.29, 1.82) is 5.26 Å². The van der Waals surface area contributed by atoms with Crippen LogP contribution < -0.4 is 5.32 Å². The molecule has 0 saturated heterocycles. The van der Waals surface area contributed by atoms with Crippen LogP contribution in [0.15, 0.2) is 24.8 Å². The van der Waals surface area contributed by atoms with E-state index >= 15 is 0 Å². The number of hydrogen-bond donors (Lipinski definition) is 1. The third kappa shape index (κ3) is 3.44. The Bertz CT molecular complexity index is 936. The van der Waals surface area contributed by atoms with E-state index in [1.165, 1.54) is 23.9 Å². The van der Waals surface area contributed by atoms with Crippen LogP contribution in [-0.4, -0.2) is 43.4 Å². The Labute approximate surface area is 148 Å². The number of fused-ring (bicyclic) bond motifs is 1. The second kappa shape index (κ2) is 7.27. The molecule has 3 heterocycles. The van der Waals surface area contributed by atoms with Crippen molar-refractivity contribution in [2.45, 2.75) is 20.4 Å². The number of nitrogens with one attached hydrogen (secondary N) is 1. The van der Waals surface area contributed by atoms with Crippen molar-refractivity contribution in [2.24, 2.45) is 0 Å². The van der Waals surface area contributed by atoms with Gasteiger partial charge >= 0.3 is 0 Å². The molecule has 0 aliphatic carbocycles. The van der Waals surface area contributed by atoms with Crippen LogP contribution >= 0.6 is 11.3 Å². The Kier molecular flexibility index (Phi) is 4.90. The number of hydrogen-bond acceptors (Lipinski definition) is 7. The zero-order valence-electron chi connectivity index (χ0n) is 13.9. The Hall–Kier alpha value is -2.99. The van der Waals surface area contributed by atoms with Gasteiger partial charge in [-0.1, -0.05) is 11.3 Å². The molecule has 0 unspecified atom stereocenters. The summed E-state index contributed by atoms with van der Waals surface area (Å²) in [6, 6.07) is 3.92. The number of likely N-dealkylation sites (N-methyl/N-ethyl adjacent to an activating group) is 1. The summed E-state index contributed by atoms with van der Waals surface area (Å²) in [4.78, 5) is 27.3. The molecule has 9 heteroatoms. The van der Waals surface area contributed by atoms with Gasteiger partial charge < -0.3 is 14.8 Å². The molecule has 0 spiro atoms. The maximum absolute atomic E-state index is 12.3. The summed E-state index contributed by atoms with van der Waals surface area (Å²) in [5.74, 6) is 0.645. The van der Waals surface area contributed by atoms with Gasteiger partial charge in [0.25, 0.3) is 0 Å². The van der Waals surface area contributed by atoms with Gasteiger partial charge in [0.2, 0.25) is 5.91 Å². The van der Waals surface area contributed by atoms with Crippen molar-refractivity contribution in [3.8, 4) is 6.07 Å². The fourth-order valence-corrected chi connectivity index (χ4v) is 3.15. The predicted molar refractivity (Wildman–Crippen MR) is 95.6 cm³/mol. The lowest BCUT2D eigenvalue weighted by Gasteiger charge is -2.19. The molecule has 0 fully saturated rings. The molecule has 0 radical (unpaired) electrons. The minimum atomic E-state index is 0.0502. The molecule has 3 aromatic heterocycles. The molecular weight excluding hydrogens is 338 g/mol. The number of nitrogens with zero attached hydrogens (tertiary/aromatic N) is 6. The molecule has 0 atom stereocenters. The summed E-state index contributed by atoms with van der Waals surface area (Å²) >= 11 is 1.25. The van der Waals surface area contributed by atoms with Crippen LogP contribution in [0.1, 0.15) is 18.7 Å². The lowest BCUT2D eigenvalue weighted by atomic mass is 10.4. The first-order chi connectivity index (χ1) is 12.2. The van der Waals surface area contributed by atoms with E-state index in [9.17, 15) is 4.79 Å². The normalized spacial score (nSPS) is 10.6. The van der Waals surface area contributed by atoms with Crippen molar-refractivity contribution < 1.29 is 4.79 Å². The molecule has 3 aromatic rings. The minimum absolute atomic E-state index is 0.0502. The van der Waals surface area contributed by atoms with Gasteiger partial charge in [-0.15, -0.1) is 0 Å². The Morgan fingerprint density at radius 1 is 1.36 bits per heavy atom. The van der Waals surface area contributed by atoms with Crippen molar-refractivity contribution in [2.75, 3.05) is 18.4 Å². The van der Waals surface area contributed by atoms with Crippen LogP contribution in [0.4, 0.5) is 10.9 Å². The number of nitriles is 1. The van der Waals surface area contributed by atoms with Crippen LogP contribution in [-0.2, 0) is 11.3 Å². The first kappa shape index (κ1) is 16.9. The number of thiazole rings is 1. The van der Waals surface area contributed by atoms with Crippen molar-refractivity contribution >= 4 is 39.2 Å². The largest absolute Gasteiger partial charge is 0.342 e. The second-order valence-electron chi connectivity index (χ2n) is 5.24. The van der Waals surface area contributed by atoms with Crippen molar-refractivity contribution in [1.82, 2.24) is 24.4 Å². The van der Waals surface area contributed by atoms with Crippen LogP contribution in [0.2, 0.25) is 0 Å². The average Bonchev–Trinajstić information content (AvgIpc) is 3.24. The zero-order chi connectivity index (χ0) is 17.8. The van der Waals surface area contributed by atoms with E-state index in [0.29, 0.717) is 34.6 Å². The molecule has 25 heavy (non-hydrogen) atoms. The van der Waals surface area contributed by atoms with Crippen molar-refractivity contribution in [3.63, 3.8) is 0 Å². The number of anilines is 2. The van der Waals surface area contributed by atoms with E-state index < -0.39 is 0 Å². The third-order valence-electron chi connectivity index (χ3n) is 3.82. The van der Waals surface area contributed by atoms with Gasteiger partial charge in [-0.3, -0.25) is 4.79 Å². The minimum Gasteiger partial charge on any atom is -0.342 e. The van der Waals surface area contributed by atoms with Crippen LogP contribution in [0.5, 0.6) is 0 Å². The summed E-state index contributed by atoms with van der Waals surface area (Å²) in [6.07, 6.45) is 4.79. The highest BCUT2D eigenvalue weighted by Crippen LogP contribution is 2.26. The quantitative estimate of drug-likeness (QED) is 0.729. The molecule has 0 saturated carbocycles. The molecule has 0 aliphatic heterocycles. The predicted octanol–water partition coefficient (Wildman–Crippen LogP) is 2.37. The molecular formula is C16H17N7OS. The van der Waals surface area contributed by atoms with Gasteiger partial charge in [-0.2, -0.15) is 5.26 Å². The zero-order valence-corrected chi connectivity index (χ0v) is 14.7. The van der Waals surface area contributed by atoms with Crippen molar-refractivity contribution in [3.05, 3.63) is 29.7 Å².